The number of carbonyl (C=O) groups excluding carboxylic acids is 1. The van der Waals surface area contributed by atoms with Crippen LogP contribution in [0.2, 0.25) is 0 Å². The van der Waals surface area contributed by atoms with Crippen molar-refractivity contribution in [1.29, 1.82) is 0 Å². The van der Waals surface area contributed by atoms with Gasteiger partial charge in [0.2, 0.25) is 0 Å². The Morgan fingerprint density at radius 3 is 1.38 bits per heavy atom. The summed E-state index contributed by atoms with van der Waals surface area (Å²) in [5, 5.41) is 30.6. The lowest BCUT2D eigenvalue weighted by atomic mass is 9.99. The Balaban J connectivity index is 2.34. The maximum atomic E-state index is 12.8. The SMILES string of the molecule is CCCCCCCCCCCCCCCCCCCCCCOCC(COC1OC(CO)C(O)C(OS(=O)(=O)O)C1O)OC(=O)CCCCCCCCCCCCC. The molecule has 1 rings (SSSR count). The van der Waals surface area contributed by atoms with E-state index in [2.05, 4.69) is 18.0 Å². The van der Waals surface area contributed by atoms with Gasteiger partial charge in [-0.3, -0.25) is 9.35 Å². The Labute approximate surface area is 354 Å². The van der Waals surface area contributed by atoms with E-state index in [4.69, 9.17) is 23.5 Å². The molecule has 0 bridgehead atoms. The molecule has 1 aliphatic rings. The first-order valence-electron chi connectivity index (χ1n) is 23.8. The number of aliphatic hydroxyl groups excluding tert-OH is 3. The van der Waals surface area contributed by atoms with Crippen LogP contribution in [-0.4, -0.2) is 97.5 Å². The third-order valence-corrected chi connectivity index (χ3v) is 11.7. The predicted molar refractivity (Wildman–Crippen MR) is 230 cm³/mol. The van der Waals surface area contributed by atoms with Gasteiger partial charge in [0, 0.05) is 13.0 Å². The van der Waals surface area contributed by atoms with Gasteiger partial charge >= 0.3 is 16.4 Å². The Hall–Kier alpha value is -0.900. The number of esters is 1. The second-order valence-electron chi connectivity index (χ2n) is 16.7. The minimum absolute atomic E-state index is 0.0446. The standard InChI is InChI=1S/C45H88O12S/c1-3-5-7-9-11-13-15-16-17-18-19-20-21-22-23-25-27-29-31-33-35-53-37-39(55-41(47)34-32-30-28-26-24-14-12-10-8-6-4-2)38-54-45-43(49)44(57-58(50,51)52)42(48)40(36-46)56-45/h39-40,42-46,48-49H,3-38H2,1-2H3,(H,50,51,52). The zero-order valence-electron chi connectivity index (χ0n) is 36.9. The summed E-state index contributed by atoms with van der Waals surface area (Å²) in [4.78, 5) is 12.8. The highest BCUT2D eigenvalue weighted by molar-refractivity contribution is 7.80. The fourth-order valence-corrected chi connectivity index (χ4v) is 8.12. The van der Waals surface area contributed by atoms with Gasteiger partial charge in [0.05, 0.1) is 19.8 Å². The molecule has 0 aliphatic carbocycles. The van der Waals surface area contributed by atoms with Gasteiger partial charge in [0.1, 0.15) is 30.5 Å². The molecule has 6 atom stereocenters. The molecule has 0 spiro atoms. The van der Waals surface area contributed by atoms with Gasteiger partial charge in [-0.05, 0) is 12.8 Å². The number of hydrogen-bond acceptors (Lipinski definition) is 11. The van der Waals surface area contributed by atoms with Gasteiger partial charge < -0.3 is 34.3 Å². The van der Waals surface area contributed by atoms with Gasteiger partial charge in [0.15, 0.2) is 6.29 Å². The molecule has 0 amide bonds. The Bertz CT molecular complexity index is 1030. The molecule has 4 N–H and O–H groups in total. The lowest BCUT2D eigenvalue weighted by molar-refractivity contribution is -0.301. The zero-order valence-corrected chi connectivity index (χ0v) is 37.7. The fourth-order valence-electron chi connectivity index (χ4n) is 7.62. The predicted octanol–water partition coefficient (Wildman–Crippen LogP) is 10.1. The van der Waals surface area contributed by atoms with Gasteiger partial charge in [-0.2, -0.15) is 8.42 Å². The minimum atomic E-state index is -5.05. The van der Waals surface area contributed by atoms with Crippen LogP contribution in [0.15, 0.2) is 0 Å². The number of hydrogen-bond donors (Lipinski definition) is 4. The first kappa shape index (κ1) is 55.1. The van der Waals surface area contributed by atoms with Crippen LogP contribution in [0.1, 0.15) is 219 Å². The van der Waals surface area contributed by atoms with Crippen molar-refractivity contribution in [3.8, 4) is 0 Å². The summed E-state index contributed by atoms with van der Waals surface area (Å²) in [6, 6.07) is 0. The smallest absolute Gasteiger partial charge is 0.397 e. The number of aliphatic hydroxyl groups is 3. The minimum Gasteiger partial charge on any atom is -0.457 e. The maximum Gasteiger partial charge on any atom is 0.397 e. The van der Waals surface area contributed by atoms with Crippen LogP contribution in [0.3, 0.4) is 0 Å². The Kier molecular flexibility index (Phi) is 35.9. The number of unbranched alkanes of at least 4 members (excludes halogenated alkanes) is 29. The van der Waals surface area contributed by atoms with Crippen molar-refractivity contribution in [2.75, 3.05) is 26.4 Å². The average Bonchev–Trinajstić information content (AvgIpc) is 3.19. The van der Waals surface area contributed by atoms with Crippen molar-refractivity contribution in [1.82, 2.24) is 0 Å². The van der Waals surface area contributed by atoms with Crippen LogP contribution in [0.5, 0.6) is 0 Å². The van der Waals surface area contributed by atoms with Crippen LogP contribution < -0.4 is 0 Å². The van der Waals surface area contributed by atoms with Crippen LogP contribution in [0.4, 0.5) is 0 Å². The molecule has 346 valence electrons. The van der Waals surface area contributed by atoms with Crippen molar-refractivity contribution in [3.05, 3.63) is 0 Å². The maximum absolute atomic E-state index is 12.8. The third-order valence-electron chi connectivity index (χ3n) is 11.2. The second kappa shape index (κ2) is 37.8. The molecule has 0 aromatic heterocycles. The van der Waals surface area contributed by atoms with Gasteiger partial charge in [-0.25, -0.2) is 4.18 Å². The van der Waals surface area contributed by atoms with E-state index in [1.54, 1.807) is 0 Å². The zero-order chi connectivity index (χ0) is 42.5. The molecular formula is C45H88O12S. The highest BCUT2D eigenvalue weighted by Crippen LogP contribution is 2.26. The van der Waals surface area contributed by atoms with E-state index < -0.39 is 59.8 Å². The molecule has 1 fully saturated rings. The highest BCUT2D eigenvalue weighted by atomic mass is 32.3. The topological polar surface area (TPSA) is 178 Å². The summed E-state index contributed by atoms with van der Waals surface area (Å²) in [5.41, 5.74) is 0. The van der Waals surface area contributed by atoms with E-state index in [0.29, 0.717) is 13.0 Å². The molecule has 12 nitrogen and oxygen atoms in total. The number of carbonyl (C=O) groups is 1. The summed E-state index contributed by atoms with van der Waals surface area (Å²) in [5.74, 6) is -0.395. The van der Waals surface area contributed by atoms with E-state index in [0.717, 1.165) is 38.5 Å². The van der Waals surface area contributed by atoms with E-state index in [1.165, 1.54) is 154 Å². The lowest BCUT2D eigenvalue weighted by Crippen LogP contribution is -2.60. The summed E-state index contributed by atoms with van der Waals surface area (Å²) in [7, 11) is -5.05. The molecule has 6 unspecified atom stereocenters. The van der Waals surface area contributed by atoms with E-state index in [-0.39, 0.29) is 19.6 Å². The summed E-state index contributed by atoms with van der Waals surface area (Å²) >= 11 is 0. The average molecular weight is 853 g/mol. The van der Waals surface area contributed by atoms with Crippen molar-refractivity contribution in [3.63, 3.8) is 0 Å². The number of rotatable bonds is 42. The van der Waals surface area contributed by atoms with Crippen molar-refractivity contribution in [2.45, 2.75) is 256 Å². The molecule has 0 aromatic carbocycles. The molecule has 1 aliphatic heterocycles. The van der Waals surface area contributed by atoms with Gasteiger partial charge in [-0.15, -0.1) is 0 Å². The Morgan fingerprint density at radius 1 is 0.586 bits per heavy atom. The summed E-state index contributed by atoms with van der Waals surface area (Å²) < 4.78 is 59.1. The quantitative estimate of drug-likeness (QED) is 0.0260. The summed E-state index contributed by atoms with van der Waals surface area (Å²) in [6.45, 7) is 4.02. The molecule has 0 aromatic rings. The fraction of sp³-hybridized carbons (Fsp3) is 0.978. The van der Waals surface area contributed by atoms with Gasteiger partial charge in [0.25, 0.3) is 0 Å². The molecular weight excluding hydrogens is 765 g/mol. The monoisotopic (exact) mass is 853 g/mol. The van der Waals surface area contributed by atoms with Crippen molar-refractivity contribution >= 4 is 16.4 Å². The molecule has 58 heavy (non-hydrogen) atoms. The van der Waals surface area contributed by atoms with Crippen LogP contribution in [0, 0.1) is 0 Å². The normalized spacial score (nSPS) is 20.4. The molecule has 0 saturated carbocycles. The van der Waals surface area contributed by atoms with Crippen LogP contribution >= 0.6 is 0 Å². The first-order valence-corrected chi connectivity index (χ1v) is 25.2. The van der Waals surface area contributed by atoms with Crippen molar-refractivity contribution in [2.24, 2.45) is 0 Å². The van der Waals surface area contributed by atoms with E-state index in [9.17, 15) is 28.5 Å². The molecule has 0 radical (unpaired) electrons. The van der Waals surface area contributed by atoms with Crippen molar-refractivity contribution < 1.29 is 56.2 Å². The van der Waals surface area contributed by atoms with Crippen LogP contribution in [-0.2, 0) is 38.3 Å². The largest absolute Gasteiger partial charge is 0.457 e. The van der Waals surface area contributed by atoms with Gasteiger partial charge in [-0.1, -0.05) is 200 Å². The molecule has 13 heteroatoms. The first-order chi connectivity index (χ1) is 28.1. The lowest BCUT2D eigenvalue weighted by Gasteiger charge is -2.41. The number of ether oxygens (including phenoxy) is 4. The molecule has 1 heterocycles. The van der Waals surface area contributed by atoms with E-state index in [1.807, 2.05) is 0 Å². The Morgan fingerprint density at radius 2 is 0.983 bits per heavy atom. The van der Waals surface area contributed by atoms with Crippen LogP contribution in [0.25, 0.3) is 0 Å². The highest BCUT2D eigenvalue weighted by Gasteiger charge is 2.48. The second-order valence-corrected chi connectivity index (χ2v) is 17.8. The summed E-state index contributed by atoms with van der Waals surface area (Å²) in [6.07, 6.45) is 30.0. The van der Waals surface area contributed by atoms with E-state index >= 15 is 0 Å². The third kappa shape index (κ3) is 31.0. The molecule has 1 saturated heterocycles.